The lowest BCUT2D eigenvalue weighted by atomic mass is 9.97. The standard InChI is InChI=1S/C21H22N.2C20H20N.C16H20N.4CH4/c1-15-10-11-19(16(2)12-15)21-13-17(3)20(14-22(21)4)18-8-6-5-7-9-18;1-15-9-7-8-12-18(15)20-13-19(16(2)14-21(20)3)17-10-5-4-6-11-17;1-15-9-7-8-12-18(15)20-13-16(2)19(14-21(20)3)17-10-5-4-6-11-17;1-5-14-7-9-16(17(4)11-14)15-8-6-12(2)10-13(15)3;;;;/h5-14H,1-4H3;2*4-14H,1-3H3;6-11H,5H2,1-4H3;4*1H4/q4*+1;;;;/i1D3;2D3;;2D3,5D2;;;;. The summed E-state index contributed by atoms with van der Waals surface area (Å²) >= 11 is 0. The Kier molecular flexibility index (Phi) is 19.7. The molecule has 85 heavy (non-hydrogen) atoms. The maximum atomic E-state index is 7.90. The molecule has 4 aromatic heterocycles. The van der Waals surface area contributed by atoms with Crippen LogP contribution in [0.1, 0.15) is 107 Å². The third-order valence-corrected chi connectivity index (χ3v) is 14.8. The van der Waals surface area contributed by atoms with Crippen molar-refractivity contribution >= 4 is 0 Å². The number of rotatable bonds is 8. The van der Waals surface area contributed by atoms with Crippen molar-refractivity contribution in [3.05, 3.63) is 287 Å². The molecule has 438 valence electrons. The van der Waals surface area contributed by atoms with E-state index in [1.165, 1.54) is 57.1 Å². The van der Waals surface area contributed by atoms with E-state index >= 15 is 0 Å². The van der Waals surface area contributed by atoms with Gasteiger partial charge in [0.25, 0.3) is 0 Å². The van der Waals surface area contributed by atoms with Gasteiger partial charge >= 0.3 is 0 Å². The molecule has 0 amide bonds. The predicted octanol–water partition coefficient (Wildman–Crippen LogP) is 19.6. The van der Waals surface area contributed by atoms with Gasteiger partial charge in [0.2, 0.25) is 22.8 Å². The van der Waals surface area contributed by atoms with Crippen LogP contribution in [0.3, 0.4) is 0 Å². The lowest BCUT2D eigenvalue weighted by Crippen LogP contribution is -2.31. The van der Waals surface area contributed by atoms with E-state index in [4.69, 9.17) is 15.1 Å². The second kappa shape index (κ2) is 31.7. The number of aromatic nitrogens is 4. The van der Waals surface area contributed by atoms with Gasteiger partial charge in [-0.1, -0.05) is 199 Å². The van der Waals surface area contributed by atoms with Crippen molar-refractivity contribution in [1.29, 1.82) is 0 Å². The van der Waals surface area contributed by atoms with E-state index in [1.807, 2.05) is 129 Å². The van der Waals surface area contributed by atoms with Crippen LogP contribution in [0.15, 0.2) is 231 Å². The summed E-state index contributed by atoms with van der Waals surface area (Å²) in [5.41, 5.74) is 23.8. The fourth-order valence-electron chi connectivity index (χ4n) is 10.3. The first-order valence-corrected chi connectivity index (χ1v) is 27.4. The summed E-state index contributed by atoms with van der Waals surface area (Å²) in [7, 11) is 7.90. The van der Waals surface area contributed by atoms with Gasteiger partial charge in [-0.3, -0.25) is 0 Å². The number of aryl methyl sites for hydroxylation is 14. The van der Waals surface area contributed by atoms with Crippen molar-refractivity contribution in [2.75, 3.05) is 0 Å². The Balaban J connectivity index is 0.000000269. The quantitative estimate of drug-likeness (QED) is 0.135. The topological polar surface area (TPSA) is 15.5 Å². The van der Waals surface area contributed by atoms with Crippen LogP contribution in [0.5, 0.6) is 0 Å². The summed E-state index contributed by atoms with van der Waals surface area (Å²) in [6.45, 7) is 7.56. The SMILES string of the molecule is C.C.C.C.Cc1cc(-c2ccccc2C)[n+](C)cc1-c1ccccc1.[2H]C([2H])([2H])c1c[n+](C)c(-c2ccccc2C)cc1-c1ccccc1.[2H]C([2H])([2H])c1ccc(-c2cc(C)c(-c3ccccc3)c[n+]2C)c(C)c1.[2H]C([2H])([2H])c1ccc(-c2ccc(C([2H])([2H])C)c[n+]2C)c(C)c1. The fourth-order valence-corrected chi connectivity index (χ4v) is 10.3. The van der Waals surface area contributed by atoms with Gasteiger partial charge in [0, 0.05) is 83.9 Å². The van der Waals surface area contributed by atoms with Crippen molar-refractivity contribution in [2.45, 2.75) is 105 Å². The zero-order chi connectivity index (χ0) is 67.0. The molecule has 0 unspecified atom stereocenters. The van der Waals surface area contributed by atoms with Gasteiger partial charge in [0.1, 0.15) is 28.2 Å². The molecule has 4 heteroatoms. The van der Waals surface area contributed by atoms with Crippen molar-refractivity contribution in [3.63, 3.8) is 0 Å². The van der Waals surface area contributed by atoms with Crippen molar-refractivity contribution in [1.82, 2.24) is 0 Å². The van der Waals surface area contributed by atoms with Crippen LogP contribution in [-0.4, -0.2) is 0 Å². The van der Waals surface area contributed by atoms with E-state index in [9.17, 15) is 0 Å². The van der Waals surface area contributed by atoms with Crippen LogP contribution in [-0.2, 0) is 34.6 Å². The smallest absolute Gasteiger partial charge is 0.201 e. The summed E-state index contributed by atoms with van der Waals surface area (Å²) in [5, 5.41) is 0. The van der Waals surface area contributed by atoms with Gasteiger partial charge < -0.3 is 0 Å². The second-order valence-corrected chi connectivity index (χ2v) is 20.8. The van der Waals surface area contributed by atoms with Gasteiger partial charge in [-0.05, 0) is 154 Å². The number of pyridine rings is 4. The van der Waals surface area contributed by atoms with Crippen LogP contribution >= 0.6 is 0 Å². The highest BCUT2D eigenvalue weighted by Gasteiger charge is 2.20. The Bertz CT molecular complexity index is 4320. The molecule has 0 saturated carbocycles. The van der Waals surface area contributed by atoms with Crippen molar-refractivity contribution in [2.24, 2.45) is 28.2 Å². The van der Waals surface area contributed by atoms with Crippen molar-refractivity contribution in [3.8, 4) is 78.4 Å². The Hall–Kier alpha value is -8.86. The van der Waals surface area contributed by atoms with Crippen LogP contribution in [0.2, 0.25) is 0 Å². The molecule has 4 heterocycles. The maximum Gasteiger partial charge on any atom is 0.213 e. The fraction of sp³-hybridized carbons (Fsp3) is 0.235. The Morgan fingerprint density at radius 2 is 0.647 bits per heavy atom. The lowest BCUT2D eigenvalue weighted by molar-refractivity contribution is -0.660. The van der Waals surface area contributed by atoms with Crippen LogP contribution in [0.4, 0.5) is 0 Å². The van der Waals surface area contributed by atoms with Crippen molar-refractivity contribution < 1.29 is 33.3 Å². The molecule has 0 aliphatic carbocycles. The Morgan fingerprint density at radius 3 is 1.04 bits per heavy atom. The zero-order valence-corrected chi connectivity index (χ0v) is 48.7. The first-order chi connectivity index (χ1) is 43.3. The van der Waals surface area contributed by atoms with Crippen LogP contribution in [0, 0.1) is 62.1 Å². The average molecular weight is 1140 g/mol. The molecule has 0 bridgehead atoms. The van der Waals surface area contributed by atoms with E-state index in [-0.39, 0.29) is 29.7 Å². The molecule has 0 atom stereocenters. The van der Waals surface area contributed by atoms with Gasteiger partial charge in [0.15, 0.2) is 24.8 Å². The highest BCUT2D eigenvalue weighted by Crippen LogP contribution is 2.31. The van der Waals surface area contributed by atoms with Crippen LogP contribution < -0.4 is 18.3 Å². The minimum absolute atomic E-state index is 0. The molecule has 0 radical (unpaired) electrons. The van der Waals surface area contributed by atoms with Gasteiger partial charge in [-0.25, -0.2) is 18.3 Å². The normalized spacial score (nSPS) is 12.7. The molecule has 11 aromatic rings. The number of hydrogen-bond donors (Lipinski definition) is 0. The minimum Gasteiger partial charge on any atom is -0.201 e. The Labute approximate surface area is 529 Å². The molecular formula is C81H98N4+4. The van der Waals surface area contributed by atoms with E-state index in [1.54, 1.807) is 42.7 Å². The molecule has 0 saturated heterocycles. The monoisotopic (exact) mass is 1140 g/mol. The third kappa shape index (κ3) is 16.9. The largest absolute Gasteiger partial charge is 0.213 e. The first-order valence-electron chi connectivity index (χ1n) is 32.9. The Morgan fingerprint density at radius 1 is 0.294 bits per heavy atom. The summed E-state index contributed by atoms with van der Waals surface area (Å²) < 4.78 is 92.5. The van der Waals surface area contributed by atoms with E-state index in [2.05, 4.69) is 147 Å². The second-order valence-electron chi connectivity index (χ2n) is 20.8. The van der Waals surface area contributed by atoms with E-state index < -0.39 is 26.9 Å². The zero-order valence-electron chi connectivity index (χ0n) is 59.7. The summed E-state index contributed by atoms with van der Waals surface area (Å²) in [6, 6.07) is 67.8. The molecule has 0 spiro atoms. The highest BCUT2D eigenvalue weighted by atomic mass is 14.9. The highest BCUT2D eigenvalue weighted by molar-refractivity contribution is 5.74. The molecule has 7 aromatic carbocycles. The molecule has 0 aliphatic heterocycles. The summed E-state index contributed by atoms with van der Waals surface area (Å²) in [4.78, 5) is 0. The number of hydrogen-bond acceptors (Lipinski definition) is 0. The average Bonchev–Trinajstić information content (AvgIpc) is 0.870. The van der Waals surface area contributed by atoms with Gasteiger partial charge in [-0.2, -0.15) is 0 Å². The molecule has 11 rings (SSSR count). The molecule has 0 N–H and O–H groups in total. The van der Waals surface area contributed by atoms with Crippen LogP contribution in [0.25, 0.3) is 78.4 Å². The molecule has 4 nitrogen and oxygen atoms in total. The maximum absolute atomic E-state index is 7.90. The minimum atomic E-state index is -2.16. The number of benzene rings is 7. The molecule has 0 fully saturated rings. The van der Waals surface area contributed by atoms with E-state index in [0.717, 1.165) is 61.6 Å². The molecular weight excluding hydrogens is 1030 g/mol. The lowest BCUT2D eigenvalue weighted by Gasteiger charge is -2.10. The first kappa shape index (κ1) is 52.9. The van der Waals surface area contributed by atoms with E-state index in [0.29, 0.717) is 22.3 Å². The molecule has 0 aliphatic rings. The summed E-state index contributed by atoms with van der Waals surface area (Å²) in [5.74, 6) is 0. The van der Waals surface area contributed by atoms with Gasteiger partial charge in [-0.15, -0.1) is 0 Å². The summed E-state index contributed by atoms with van der Waals surface area (Å²) in [6.07, 6.45) is 6.48. The number of nitrogens with zero attached hydrogens (tertiary/aromatic N) is 4. The predicted molar refractivity (Wildman–Crippen MR) is 367 cm³/mol. The van der Waals surface area contributed by atoms with Gasteiger partial charge in [0.05, 0.1) is 0 Å². The third-order valence-electron chi connectivity index (χ3n) is 14.8.